The van der Waals surface area contributed by atoms with Crippen molar-refractivity contribution in [3.63, 3.8) is 0 Å². The number of likely N-dealkylation sites (tertiary alicyclic amines) is 1. The molecule has 0 aliphatic carbocycles. The third-order valence-electron chi connectivity index (χ3n) is 4.09. The monoisotopic (exact) mass is 282 g/mol. The highest BCUT2D eigenvalue weighted by atomic mass is 16.2. The first kappa shape index (κ1) is 17.1. The van der Waals surface area contributed by atoms with Gasteiger partial charge in [0.25, 0.3) is 0 Å². The van der Waals surface area contributed by atoms with Crippen molar-refractivity contribution in [1.82, 2.24) is 20.0 Å². The third-order valence-corrected chi connectivity index (χ3v) is 4.09. The van der Waals surface area contributed by atoms with Gasteiger partial charge in [0, 0.05) is 32.7 Å². The Bertz CT molecular complexity index is 300. The van der Waals surface area contributed by atoms with Gasteiger partial charge in [-0.15, -0.1) is 6.58 Å². The molecule has 1 aliphatic heterocycles. The molecule has 1 rings (SSSR count). The summed E-state index contributed by atoms with van der Waals surface area (Å²) in [4.78, 5) is 18.4. The zero-order valence-corrected chi connectivity index (χ0v) is 13.3. The van der Waals surface area contributed by atoms with E-state index in [0.717, 1.165) is 13.1 Å². The summed E-state index contributed by atoms with van der Waals surface area (Å²) in [6.45, 7) is 8.77. The molecule has 5 nitrogen and oxygen atoms in total. The largest absolute Gasteiger partial charge is 0.343 e. The van der Waals surface area contributed by atoms with Gasteiger partial charge in [-0.25, -0.2) is 0 Å². The maximum absolute atomic E-state index is 11.9. The Kier molecular flexibility index (Phi) is 7.80. The molecule has 1 heterocycles. The van der Waals surface area contributed by atoms with Crippen molar-refractivity contribution in [2.45, 2.75) is 18.9 Å². The molecule has 1 amide bonds. The molecular weight excluding hydrogens is 252 g/mol. The van der Waals surface area contributed by atoms with Gasteiger partial charge in [-0.3, -0.25) is 4.79 Å². The van der Waals surface area contributed by atoms with Gasteiger partial charge in [-0.05, 0) is 40.0 Å². The van der Waals surface area contributed by atoms with Crippen LogP contribution in [0.4, 0.5) is 0 Å². The van der Waals surface area contributed by atoms with E-state index in [2.05, 4.69) is 35.8 Å². The van der Waals surface area contributed by atoms with Crippen LogP contribution in [0.25, 0.3) is 0 Å². The average molecular weight is 282 g/mol. The number of piperidine rings is 1. The minimum absolute atomic E-state index is 0.142. The van der Waals surface area contributed by atoms with Crippen LogP contribution in [0.15, 0.2) is 12.7 Å². The van der Waals surface area contributed by atoms with E-state index >= 15 is 0 Å². The number of carbonyl (C=O) groups is 1. The Morgan fingerprint density at radius 3 is 2.60 bits per heavy atom. The second kappa shape index (κ2) is 9.10. The van der Waals surface area contributed by atoms with Gasteiger partial charge in [0.05, 0.1) is 6.54 Å². The van der Waals surface area contributed by atoms with E-state index in [-0.39, 0.29) is 5.91 Å². The molecule has 0 bridgehead atoms. The molecule has 116 valence electrons. The molecule has 0 saturated carbocycles. The first-order chi connectivity index (χ1) is 9.54. The number of rotatable bonds is 8. The van der Waals surface area contributed by atoms with Gasteiger partial charge in [0.15, 0.2) is 0 Å². The Morgan fingerprint density at radius 2 is 2.00 bits per heavy atom. The van der Waals surface area contributed by atoms with Crippen molar-refractivity contribution in [3.8, 4) is 0 Å². The molecule has 0 aromatic heterocycles. The van der Waals surface area contributed by atoms with Crippen LogP contribution >= 0.6 is 0 Å². The summed E-state index contributed by atoms with van der Waals surface area (Å²) in [5, 5.41) is 3.04. The number of hydrogen-bond acceptors (Lipinski definition) is 4. The molecule has 5 heteroatoms. The average Bonchev–Trinajstić information content (AvgIpc) is 2.45. The topological polar surface area (TPSA) is 38.8 Å². The highest BCUT2D eigenvalue weighted by Gasteiger charge is 2.20. The summed E-state index contributed by atoms with van der Waals surface area (Å²) >= 11 is 0. The van der Waals surface area contributed by atoms with Gasteiger partial charge >= 0.3 is 0 Å². The van der Waals surface area contributed by atoms with E-state index in [0.29, 0.717) is 19.1 Å². The standard InChI is InChI=1S/C15H30N4O/c1-5-8-16-13-15(20)19(4)12-11-18(3)14-6-9-17(2)10-7-14/h5,14,16H,1,6-13H2,2-4H3. The van der Waals surface area contributed by atoms with Crippen LogP contribution in [0, 0.1) is 0 Å². The fraction of sp³-hybridized carbons (Fsp3) is 0.800. The molecule has 0 unspecified atom stereocenters. The maximum Gasteiger partial charge on any atom is 0.236 e. The fourth-order valence-corrected chi connectivity index (χ4v) is 2.47. The number of carbonyl (C=O) groups excluding carboxylic acids is 1. The minimum atomic E-state index is 0.142. The van der Waals surface area contributed by atoms with Gasteiger partial charge in [-0.1, -0.05) is 6.08 Å². The normalized spacial score (nSPS) is 17.4. The first-order valence-corrected chi connectivity index (χ1v) is 7.49. The quantitative estimate of drug-likeness (QED) is 0.511. The van der Waals surface area contributed by atoms with E-state index in [9.17, 15) is 4.79 Å². The Balaban J connectivity index is 2.20. The summed E-state index contributed by atoms with van der Waals surface area (Å²) < 4.78 is 0. The first-order valence-electron chi connectivity index (χ1n) is 7.49. The molecule has 0 aromatic carbocycles. The molecule has 0 spiro atoms. The lowest BCUT2D eigenvalue weighted by Crippen LogP contribution is -2.45. The Hall–Kier alpha value is -0.910. The second-order valence-electron chi connectivity index (χ2n) is 5.75. The summed E-state index contributed by atoms with van der Waals surface area (Å²) in [7, 11) is 6.23. The molecular formula is C15H30N4O. The van der Waals surface area contributed by atoms with E-state index < -0.39 is 0 Å². The smallest absolute Gasteiger partial charge is 0.236 e. The molecule has 0 radical (unpaired) electrons. The minimum Gasteiger partial charge on any atom is -0.343 e. The number of nitrogens with zero attached hydrogens (tertiary/aromatic N) is 3. The predicted octanol–water partition coefficient (Wildman–Crippen LogP) is 0.246. The predicted molar refractivity (Wildman–Crippen MR) is 83.9 cm³/mol. The van der Waals surface area contributed by atoms with Crippen LogP contribution < -0.4 is 5.32 Å². The summed E-state index contributed by atoms with van der Waals surface area (Å²) in [5.74, 6) is 0.142. The van der Waals surface area contributed by atoms with Crippen LogP contribution in [0.5, 0.6) is 0 Å². The summed E-state index contributed by atoms with van der Waals surface area (Å²) in [5.41, 5.74) is 0. The molecule has 0 aromatic rings. The zero-order valence-electron chi connectivity index (χ0n) is 13.3. The lowest BCUT2D eigenvalue weighted by molar-refractivity contribution is -0.129. The van der Waals surface area contributed by atoms with Gasteiger partial charge in [-0.2, -0.15) is 0 Å². The number of hydrogen-bond donors (Lipinski definition) is 1. The fourth-order valence-electron chi connectivity index (χ4n) is 2.47. The highest BCUT2D eigenvalue weighted by Crippen LogP contribution is 2.13. The molecule has 1 saturated heterocycles. The Labute approximate surface area is 123 Å². The summed E-state index contributed by atoms with van der Waals surface area (Å²) in [6, 6.07) is 0.661. The van der Waals surface area contributed by atoms with Crippen molar-refractivity contribution >= 4 is 5.91 Å². The molecule has 1 aliphatic rings. The highest BCUT2D eigenvalue weighted by molar-refractivity contribution is 5.77. The van der Waals surface area contributed by atoms with Crippen molar-refractivity contribution < 1.29 is 4.79 Å². The molecule has 20 heavy (non-hydrogen) atoms. The molecule has 1 fully saturated rings. The van der Waals surface area contributed by atoms with E-state index in [1.807, 2.05) is 11.9 Å². The maximum atomic E-state index is 11.9. The van der Waals surface area contributed by atoms with Crippen LogP contribution in [0.2, 0.25) is 0 Å². The van der Waals surface area contributed by atoms with Crippen molar-refractivity contribution in [2.24, 2.45) is 0 Å². The van der Waals surface area contributed by atoms with Gasteiger partial charge in [0.1, 0.15) is 0 Å². The van der Waals surface area contributed by atoms with Crippen LogP contribution in [0.3, 0.4) is 0 Å². The van der Waals surface area contributed by atoms with E-state index in [1.165, 1.54) is 25.9 Å². The lowest BCUT2D eigenvalue weighted by Gasteiger charge is -2.35. The van der Waals surface area contributed by atoms with Crippen molar-refractivity contribution in [2.75, 3.05) is 60.4 Å². The third kappa shape index (κ3) is 6.03. The number of likely N-dealkylation sites (N-methyl/N-ethyl adjacent to an activating group) is 2. The number of nitrogens with one attached hydrogen (secondary N) is 1. The van der Waals surface area contributed by atoms with Crippen molar-refractivity contribution in [1.29, 1.82) is 0 Å². The zero-order chi connectivity index (χ0) is 15.0. The lowest BCUT2D eigenvalue weighted by atomic mass is 10.0. The molecule has 1 N–H and O–H groups in total. The van der Waals surface area contributed by atoms with Gasteiger partial charge in [0.2, 0.25) is 5.91 Å². The molecule has 0 atom stereocenters. The van der Waals surface area contributed by atoms with E-state index in [1.54, 1.807) is 6.08 Å². The van der Waals surface area contributed by atoms with Crippen molar-refractivity contribution in [3.05, 3.63) is 12.7 Å². The van der Waals surface area contributed by atoms with Crippen LogP contribution in [-0.2, 0) is 4.79 Å². The SMILES string of the molecule is C=CCNCC(=O)N(C)CCN(C)C1CCN(C)CC1. The van der Waals surface area contributed by atoms with Crippen LogP contribution in [-0.4, -0.2) is 87.1 Å². The summed E-state index contributed by atoms with van der Waals surface area (Å²) in [6.07, 6.45) is 4.22. The van der Waals surface area contributed by atoms with Crippen LogP contribution in [0.1, 0.15) is 12.8 Å². The van der Waals surface area contributed by atoms with E-state index in [4.69, 9.17) is 0 Å². The Morgan fingerprint density at radius 1 is 1.35 bits per heavy atom. The van der Waals surface area contributed by atoms with Gasteiger partial charge < -0.3 is 20.0 Å². The number of amides is 1. The second-order valence-corrected chi connectivity index (χ2v) is 5.75.